The molecule has 1 amide bonds. The maximum atomic E-state index is 13.5. The minimum atomic E-state index is -4.49. The van der Waals surface area contributed by atoms with Gasteiger partial charge in [0.15, 0.2) is 0 Å². The normalized spacial score (nSPS) is 19.7. The van der Waals surface area contributed by atoms with Crippen LogP contribution in [0.3, 0.4) is 0 Å². The van der Waals surface area contributed by atoms with Crippen molar-refractivity contribution in [1.29, 1.82) is 0 Å². The van der Waals surface area contributed by atoms with E-state index in [0.29, 0.717) is 12.8 Å². The fourth-order valence-corrected chi connectivity index (χ4v) is 2.90. The van der Waals surface area contributed by atoms with Gasteiger partial charge in [-0.1, -0.05) is 11.6 Å². The lowest BCUT2D eigenvalue weighted by Gasteiger charge is -2.36. The lowest BCUT2D eigenvalue weighted by atomic mass is 10.0. The van der Waals surface area contributed by atoms with Crippen LogP contribution >= 0.6 is 27.5 Å². The van der Waals surface area contributed by atoms with Gasteiger partial charge in [-0.05, 0) is 47.3 Å². The van der Waals surface area contributed by atoms with Gasteiger partial charge in [0, 0.05) is 16.6 Å². The maximum Gasteiger partial charge on any atom is 0.408 e. The lowest BCUT2D eigenvalue weighted by molar-refractivity contribution is -0.183. The van der Waals surface area contributed by atoms with Crippen molar-refractivity contribution in [3.05, 3.63) is 33.0 Å². The first-order valence-electron chi connectivity index (χ1n) is 6.24. The molecule has 0 spiro atoms. The maximum absolute atomic E-state index is 13.5. The highest BCUT2D eigenvalue weighted by Crippen LogP contribution is 2.34. The van der Waals surface area contributed by atoms with Crippen LogP contribution in [0.2, 0.25) is 5.02 Å². The molecule has 1 fully saturated rings. The summed E-state index contributed by atoms with van der Waals surface area (Å²) in [4.78, 5) is 13.0. The molecule has 0 N–H and O–H groups in total. The number of hydrogen-bond acceptors (Lipinski definition) is 1. The van der Waals surface area contributed by atoms with Gasteiger partial charge in [-0.3, -0.25) is 4.79 Å². The van der Waals surface area contributed by atoms with Gasteiger partial charge >= 0.3 is 6.18 Å². The van der Waals surface area contributed by atoms with Crippen molar-refractivity contribution in [2.75, 3.05) is 6.54 Å². The molecule has 2 nitrogen and oxygen atoms in total. The van der Waals surface area contributed by atoms with Crippen LogP contribution < -0.4 is 0 Å². The lowest BCUT2D eigenvalue weighted by Crippen LogP contribution is -2.51. The number of rotatable bonds is 1. The number of alkyl halides is 3. The summed E-state index contributed by atoms with van der Waals surface area (Å²) < 4.78 is 52.7. The average molecular weight is 389 g/mol. The van der Waals surface area contributed by atoms with Crippen molar-refractivity contribution in [2.24, 2.45) is 0 Å². The van der Waals surface area contributed by atoms with E-state index in [1.54, 1.807) is 0 Å². The van der Waals surface area contributed by atoms with Crippen LogP contribution in [0.4, 0.5) is 17.6 Å². The van der Waals surface area contributed by atoms with E-state index in [1.807, 2.05) is 0 Å². The Kier molecular flexibility index (Phi) is 4.82. The van der Waals surface area contributed by atoms with E-state index in [-0.39, 0.29) is 28.0 Å². The summed E-state index contributed by atoms with van der Waals surface area (Å²) in [5, 5.41) is -0.211. The highest BCUT2D eigenvalue weighted by Gasteiger charge is 2.46. The fraction of sp³-hybridized carbons (Fsp3) is 0.462. The molecule has 1 heterocycles. The summed E-state index contributed by atoms with van der Waals surface area (Å²) in [6.45, 7) is 0.00484. The zero-order chi connectivity index (χ0) is 15.8. The van der Waals surface area contributed by atoms with Gasteiger partial charge in [-0.15, -0.1) is 0 Å². The monoisotopic (exact) mass is 387 g/mol. The van der Waals surface area contributed by atoms with E-state index >= 15 is 0 Å². The van der Waals surface area contributed by atoms with Gasteiger partial charge in [0.1, 0.15) is 11.9 Å². The van der Waals surface area contributed by atoms with Crippen molar-refractivity contribution in [1.82, 2.24) is 4.90 Å². The third-order valence-corrected chi connectivity index (χ3v) is 4.61. The van der Waals surface area contributed by atoms with Crippen molar-refractivity contribution >= 4 is 33.4 Å². The number of carbonyl (C=O) groups is 1. The first kappa shape index (κ1) is 16.5. The molecule has 1 aromatic carbocycles. The smallest absolute Gasteiger partial charge is 0.327 e. The van der Waals surface area contributed by atoms with Crippen molar-refractivity contribution in [3.8, 4) is 0 Å². The molecule has 1 unspecified atom stereocenters. The van der Waals surface area contributed by atoms with Crippen LogP contribution in [-0.4, -0.2) is 29.6 Å². The topological polar surface area (TPSA) is 20.3 Å². The van der Waals surface area contributed by atoms with Crippen LogP contribution in [-0.2, 0) is 0 Å². The molecule has 0 bridgehead atoms. The summed E-state index contributed by atoms with van der Waals surface area (Å²) in [7, 11) is 0. The Labute approximate surface area is 132 Å². The van der Waals surface area contributed by atoms with Gasteiger partial charge < -0.3 is 4.90 Å². The van der Waals surface area contributed by atoms with Crippen LogP contribution in [0, 0.1) is 5.82 Å². The predicted molar refractivity (Wildman–Crippen MR) is 73.8 cm³/mol. The van der Waals surface area contributed by atoms with E-state index in [9.17, 15) is 22.4 Å². The molecule has 1 atom stereocenters. The fourth-order valence-electron chi connectivity index (χ4n) is 2.36. The molecule has 1 aliphatic rings. The Morgan fingerprint density at radius 1 is 1.33 bits per heavy atom. The van der Waals surface area contributed by atoms with E-state index in [2.05, 4.69) is 15.9 Å². The molecule has 1 saturated heterocycles. The van der Waals surface area contributed by atoms with Crippen molar-refractivity contribution < 1.29 is 22.4 Å². The molecule has 21 heavy (non-hydrogen) atoms. The molecule has 1 aliphatic heterocycles. The summed E-state index contributed by atoms with van der Waals surface area (Å²) >= 11 is 8.59. The Morgan fingerprint density at radius 3 is 2.57 bits per heavy atom. The first-order chi connectivity index (χ1) is 9.71. The Hall–Kier alpha value is -0.820. The van der Waals surface area contributed by atoms with E-state index in [0.717, 1.165) is 11.0 Å². The third kappa shape index (κ3) is 3.51. The van der Waals surface area contributed by atoms with E-state index in [4.69, 9.17) is 11.6 Å². The molecule has 0 saturated carbocycles. The van der Waals surface area contributed by atoms with E-state index in [1.165, 1.54) is 6.07 Å². The van der Waals surface area contributed by atoms with Gasteiger partial charge in [-0.2, -0.15) is 13.2 Å². The second-order valence-corrected chi connectivity index (χ2v) is 6.04. The molecule has 0 aliphatic carbocycles. The van der Waals surface area contributed by atoms with Gasteiger partial charge in [0.2, 0.25) is 0 Å². The van der Waals surface area contributed by atoms with Crippen molar-refractivity contribution in [2.45, 2.75) is 31.5 Å². The summed E-state index contributed by atoms with van der Waals surface area (Å²) in [6.07, 6.45) is -3.72. The number of halogens is 6. The Balaban J connectivity index is 2.33. The summed E-state index contributed by atoms with van der Waals surface area (Å²) in [6, 6.07) is 0.268. The molecule has 0 radical (unpaired) electrons. The van der Waals surface area contributed by atoms with Gasteiger partial charge in [0.05, 0.1) is 5.02 Å². The largest absolute Gasteiger partial charge is 0.408 e. The number of likely N-dealkylation sites (tertiary alicyclic amines) is 1. The summed E-state index contributed by atoms with van der Waals surface area (Å²) in [5.41, 5.74) is -0.153. The molecule has 2 rings (SSSR count). The van der Waals surface area contributed by atoms with Crippen LogP contribution in [0.25, 0.3) is 0 Å². The SMILES string of the molecule is O=C(c1cc(F)c(Cl)c(Br)c1)N1CCCCC1C(F)(F)F. The molecule has 1 aromatic rings. The number of amides is 1. The van der Waals surface area contributed by atoms with Crippen LogP contribution in [0.5, 0.6) is 0 Å². The summed E-state index contributed by atoms with van der Waals surface area (Å²) in [5.74, 6) is -1.69. The third-order valence-electron chi connectivity index (χ3n) is 3.37. The van der Waals surface area contributed by atoms with Gasteiger partial charge in [-0.25, -0.2) is 4.39 Å². The molecular weight excluding hydrogens is 377 g/mol. The van der Waals surface area contributed by atoms with Gasteiger partial charge in [0.25, 0.3) is 5.91 Å². The minimum absolute atomic E-state index is 0.00484. The molecule has 0 aromatic heterocycles. The first-order valence-corrected chi connectivity index (χ1v) is 7.41. The Bertz CT molecular complexity index is 541. The quantitative estimate of drug-likeness (QED) is 0.500. The molecule has 8 heteroatoms. The number of hydrogen-bond donors (Lipinski definition) is 0. The average Bonchev–Trinajstić information content (AvgIpc) is 2.42. The highest BCUT2D eigenvalue weighted by molar-refractivity contribution is 9.10. The predicted octanol–water partition coefficient (Wildman–Crippen LogP) is 4.80. The second-order valence-electron chi connectivity index (χ2n) is 4.81. The number of benzene rings is 1. The zero-order valence-corrected chi connectivity index (χ0v) is 13.0. The second kappa shape index (κ2) is 6.12. The molecule has 116 valence electrons. The zero-order valence-electron chi connectivity index (χ0n) is 10.7. The Morgan fingerprint density at radius 2 is 2.00 bits per heavy atom. The van der Waals surface area contributed by atoms with Crippen LogP contribution in [0.1, 0.15) is 29.6 Å². The number of piperidine rings is 1. The van der Waals surface area contributed by atoms with Crippen LogP contribution in [0.15, 0.2) is 16.6 Å². The number of nitrogens with zero attached hydrogens (tertiary/aromatic N) is 1. The van der Waals surface area contributed by atoms with E-state index < -0.39 is 23.9 Å². The number of carbonyl (C=O) groups excluding carboxylic acids is 1. The standard InChI is InChI=1S/C13H11BrClF4NO/c14-8-5-7(6-9(16)11(8)15)12(21)20-4-2-1-3-10(20)13(17,18)19/h5-6,10H,1-4H2. The minimum Gasteiger partial charge on any atom is -0.327 e. The molecular formula is C13H11BrClF4NO. The van der Waals surface area contributed by atoms with Crippen molar-refractivity contribution in [3.63, 3.8) is 0 Å². The highest BCUT2D eigenvalue weighted by atomic mass is 79.9.